The maximum absolute atomic E-state index is 12.8. The zero-order valence-corrected chi connectivity index (χ0v) is 20.3. The first kappa shape index (κ1) is 26.0. The minimum absolute atomic E-state index is 0.00328. The van der Waals surface area contributed by atoms with Gasteiger partial charge in [0.25, 0.3) is 0 Å². The van der Waals surface area contributed by atoms with E-state index in [4.69, 9.17) is 4.74 Å². The number of aliphatic carboxylic acids is 1. The molecule has 0 spiro atoms. The molecule has 0 aliphatic heterocycles. The van der Waals surface area contributed by atoms with E-state index >= 15 is 0 Å². The maximum Gasteiger partial charge on any atom is 0.407 e. The van der Waals surface area contributed by atoms with Crippen LogP contribution in [0.25, 0.3) is 11.1 Å². The molecule has 2 aromatic carbocycles. The first-order valence-corrected chi connectivity index (χ1v) is 12.0. The van der Waals surface area contributed by atoms with E-state index in [2.05, 4.69) is 29.3 Å². The molecule has 35 heavy (non-hydrogen) atoms. The Labute approximate surface area is 206 Å². The predicted octanol–water partition coefficient (Wildman–Crippen LogP) is 4.72. The van der Waals surface area contributed by atoms with Crippen LogP contribution in [0.5, 0.6) is 0 Å². The van der Waals surface area contributed by atoms with Crippen LogP contribution in [0.4, 0.5) is 4.79 Å². The summed E-state index contributed by atoms with van der Waals surface area (Å²) in [7, 11) is 0. The zero-order valence-electron chi connectivity index (χ0n) is 20.3. The van der Waals surface area contributed by atoms with E-state index in [0.717, 1.165) is 22.3 Å². The third-order valence-electron chi connectivity index (χ3n) is 6.24. The van der Waals surface area contributed by atoms with Crippen molar-refractivity contribution in [3.05, 3.63) is 72.3 Å². The van der Waals surface area contributed by atoms with Crippen LogP contribution in [0.15, 0.2) is 61.2 Å². The van der Waals surface area contributed by atoms with Gasteiger partial charge in [-0.2, -0.15) is 0 Å². The number of carboxylic acid groups (broad SMARTS) is 1. The minimum atomic E-state index is -0.953. The van der Waals surface area contributed by atoms with E-state index in [1.54, 1.807) is 6.08 Å². The van der Waals surface area contributed by atoms with E-state index in [1.807, 2.05) is 50.2 Å². The minimum Gasteiger partial charge on any atom is -0.481 e. The van der Waals surface area contributed by atoms with Crippen LogP contribution in [0, 0.1) is 11.8 Å². The Balaban J connectivity index is 1.61. The molecule has 0 heterocycles. The molecule has 1 aliphatic rings. The summed E-state index contributed by atoms with van der Waals surface area (Å²) < 4.78 is 5.57. The van der Waals surface area contributed by atoms with Crippen LogP contribution in [-0.2, 0) is 14.3 Å². The average Bonchev–Trinajstić information content (AvgIpc) is 3.16. The number of hydrogen-bond donors (Lipinski definition) is 3. The van der Waals surface area contributed by atoms with Gasteiger partial charge in [0.05, 0.1) is 5.92 Å². The second kappa shape index (κ2) is 12.2. The van der Waals surface area contributed by atoms with Crippen LogP contribution in [-0.4, -0.2) is 42.3 Å². The lowest BCUT2D eigenvalue weighted by atomic mass is 9.97. The van der Waals surface area contributed by atoms with Crippen molar-refractivity contribution in [2.24, 2.45) is 11.8 Å². The fraction of sp³-hybridized carbons (Fsp3) is 0.393. The lowest BCUT2D eigenvalue weighted by molar-refractivity contribution is -0.142. The first-order valence-electron chi connectivity index (χ1n) is 12.0. The van der Waals surface area contributed by atoms with Crippen molar-refractivity contribution in [2.45, 2.75) is 45.1 Å². The molecular weight excluding hydrogens is 444 g/mol. The first-order chi connectivity index (χ1) is 16.8. The Bertz CT molecular complexity index is 1020. The van der Waals surface area contributed by atoms with E-state index < -0.39 is 29.9 Å². The van der Waals surface area contributed by atoms with Crippen LogP contribution >= 0.6 is 0 Å². The highest BCUT2D eigenvalue weighted by atomic mass is 16.5. The zero-order chi connectivity index (χ0) is 25.4. The molecule has 2 aromatic rings. The molecule has 7 nitrogen and oxygen atoms in total. The van der Waals surface area contributed by atoms with Gasteiger partial charge in [-0.3, -0.25) is 9.59 Å². The average molecular weight is 479 g/mol. The summed E-state index contributed by atoms with van der Waals surface area (Å²) in [5.41, 5.74) is 4.48. The van der Waals surface area contributed by atoms with Crippen molar-refractivity contribution in [2.75, 3.05) is 13.2 Å². The Morgan fingerprint density at radius 2 is 1.66 bits per heavy atom. The molecule has 2 unspecified atom stereocenters. The topological polar surface area (TPSA) is 105 Å². The predicted molar refractivity (Wildman–Crippen MR) is 135 cm³/mol. The van der Waals surface area contributed by atoms with Gasteiger partial charge in [-0.15, -0.1) is 6.58 Å². The quantitative estimate of drug-likeness (QED) is 0.383. The van der Waals surface area contributed by atoms with Gasteiger partial charge in [0.1, 0.15) is 12.6 Å². The molecule has 0 fully saturated rings. The van der Waals surface area contributed by atoms with Crippen LogP contribution in [0.3, 0.4) is 0 Å². The molecule has 0 saturated carbocycles. The normalized spacial score (nSPS) is 13.9. The summed E-state index contributed by atoms with van der Waals surface area (Å²) >= 11 is 0. The van der Waals surface area contributed by atoms with Gasteiger partial charge in [-0.05, 0) is 47.4 Å². The summed E-state index contributed by atoms with van der Waals surface area (Å²) in [5.74, 6) is -1.97. The molecule has 3 N–H and O–H groups in total. The number of benzene rings is 2. The molecule has 0 radical (unpaired) electrons. The van der Waals surface area contributed by atoms with Gasteiger partial charge in [0.15, 0.2) is 0 Å². The Hall–Kier alpha value is -3.61. The second-order valence-corrected chi connectivity index (χ2v) is 9.30. The Morgan fingerprint density at radius 3 is 2.20 bits per heavy atom. The summed E-state index contributed by atoms with van der Waals surface area (Å²) in [4.78, 5) is 36.9. The molecule has 186 valence electrons. The number of rotatable bonds is 12. The third kappa shape index (κ3) is 6.72. The van der Waals surface area contributed by atoms with Gasteiger partial charge in [0, 0.05) is 12.5 Å². The lowest BCUT2D eigenvalue weighted by Gasteiger charge is -2.21. The summed E-state index contributed by atoms with van der Waals surface area (Å²) in [6.45, 7) is 7.69. The van der Waals surface area contributed by atoms with Gasteiger partial charge >= 0.3 is 12.1 Å². The number of alkyl carbamates (subject to hydrolysis) is 1. The number of ether oxygens (including phenoxy) is 1. The van der Waals surface area contributed by atoms with Crippen molar-refractivity contribution in [1.29, 1.82) is 0 Å². The maximum atomic E-state index is 12.8. The van der Waals surface area contributed by atoms with Gasteiger partial charge in [0.2, 0.25) is 5.91 Å². The largest absolute Gasteiger partial charge is 0.481 e. The SMILES string of the molecule is C=CCCC(NC(=O)OCC1c2ccccc2-c2ccccc21)C(=O)NCC(CC(C)C)C(=O)O. The molecule has 0 bridgehead atoms. The fourth-order valence-electron chi connectivity index (χ4n) is 4.52. The van der Waals surface area contributed by atoms with Gasteiger partial charge < -0.3 is 20.5 Å². The highest BCUT2D eigenvalue weighted by Crippen LogP contribution is 2.44. The highest BCUT2D eigenvalue weighted by Gasteiger charge is 2.30. The van der Waals surface area contributed by atoms with Crippen molar-refractivity contribution in [3.63, 3.8) is 0 Å². The number of hydrogen-bond acceptors (Lipinski definition) is 4. The number of allylic oxidation sites excluding steroid dienone is 1. The highest BCUT2D eigenvalue weighted by molar-refractivity contribution is 5.86. The van der Waals surface area contributed by atoms with E-state index in [1.165, 1.54) is 0 Å². The second-order valence-electron chi connectivity index (χ2n) is 9.30. The number of amides is 2. The van der Waals surface area contributed by atoms with Crippen molar-refractivity contribution < 1.29 is 24.2 Å². The summed E-state index contributed by atoms with van der Waals surface area (Å²) in [5, 5.41) is 14.8. The van der Waals surface area contributed by atoms with E-state index in [-0.39, 0.29) is 25.0 Å². The third-order valence-corrected chi connectivity index (χ3v) is 6.24. The van der Waals surface area contributed by atoms with Crippen LogP contribution in [0.1, 0.15) is 50.2 Å². The summed E-state index contributed by atoms with van der Waals surface area (Å²) in [6.07, 6.45) is 2.27. The number of carbonyl (C=O) groups excluding carboxylic acids is 2. The van der Waals surface area contributed by atoms with Crippen LogP contribution in [0.2, 0.25) is 0 Å². The standard InChI is InChI=1S/C28H34N2O5/c1-4-5-14-25(26(31)29-16-19(27(32)33)15-18(2)3)30-28(34)35-17-24-22-12-8-6-10-20(22)21-11-7-9-13-23(21)24/h4,6-13,18-19,24-25H,1,5,14-17H2,2-3H3,(H,29,31)(H,30,34)(H,32,33). The molecule has 0 aromatic heterocycles. The number of carboxylic acids is 1. The van der Waals surface area contributed by atoms with E-state index in [9.17, 15) is 19.5 Å². The number of nitrogens with one attached hydrogen (secondary N) is 2. The Kier molecular flexibility index (Phi) is 9.06. The van der Waals surface area contributed by atoms with Crippen molar-refractivity contribution in [3.8, 4) is 11.1 Å². The lowest BCUT2D eigenvalue weighted by Crippen LogP contribution is -2.48. The Morgan fingerprint density at radius 1 is 1.06 bits per heavy atom. The smallest absolute Gasteiger partial charge is 0.407 e. The molecular formula is C28H34N2O5. The fourth-order valence-corrected chi connectivity index (χ4v) is 4.52. The molecule has 0 saturated heterocycles. The van der Waals surface area contributed by atoms with Gasteiger partial charge in [-0.25, -0.2) is 4.79 Å². The summed E-state index contributed by atoms with van der Waals surface area (Å²) in [6, 6.07) is 15.3. The molecule has 1 aliphatic carbocycles. The molecule has 2 atom stereocenters. The van der Waals surface area contributed by atoms with Crippen LogP contribution < -0.4 is 10.6 Å². The van der Waals surface area contributed by atoms with Crippen molar-refractivity contribution in [1.82, 2.24) is 10.6 Å². The van der Waals surface area contributed by atoms with E-state index in [0.29, 0.717) is 19.3 Å². The number of fused-ring (bicyclic) bond motifs is 3. The number of carbonyl (C=O) groups is 3. The molecule has 7 heteroatoms. The monoisotopic (exact) mass is 478 g/mol. The molecule has 2 amide bonds. The van der Waals surface area contributed by atoms with Crippen molar-refractivity contribution >= 4 is 18.0 Å². The molecule has 3 rings (SSSR count). The van der Waals surface area contributed by atoms with Gasteiger partial charge in [-0.1, -0.05) is 68.5 Å².